The maximum absolute atomic E-state index is 13.2. The molecule has 0 saturated heterocycles. The van der Waals surface area contributed by atoms with Crippen LogP contribution in [0.25, 0.3) is 0 Å². The molecule has 1 aromatic rings. The molecule has 0 radical (unpaired) electrons. The Morgan fingerprint density at radius 1 is 1.21 bits per heavy atom. The number of carbonyl (C=O) groups is 3. The Morgan fingerprint density at radius 2 is 1.95 bits per heavy atom. The maximum Gasteiger partial charge on any atom is 0.248 e. The van der Waals surface area contributed by atoms with Gasteiger partial charge in [-0.25, -0.2) is 0 Å². The molecule has 2 amide bonds. The summed E-state index contributed by atoms with van der Waals surface area (Å²) >= 11 is 2.02. The van der Waals surface area contributed by atoms with Gasteiger partial charge in [0, 0.05) is 37.8 Å². The molecule has 10 nitrogen and oxygen atoms in total. The summed E-state index contributed by atoms with van der Waals surface area (Å²) < 4.78 is 17.4. The minimum absolute atomic E-state index is 0.0716. The average molecular weight is 645 g/mol. The second kappa shape index (κ2) is 14.8. The lowest BCUT2D eigenvalue weighted by atomic mass is 9.85. The molecule has 1 aromatic carbocycles. The van der Waals surface area contributed by atoms with Gasteiger partial charge in [0.25, 0.3) is 0 Å². The first kappa shape index (κ1) is 30.3. The summed E-state index contributed by atoms with van der Waals surface area (Å²) in [6.45, 7) is 0.166. The number of benzene rings is 1. The highest BCUT2D eigenvalue weighted by Gasteiger charge is 2.41. The molecule has 0 bridgehead atoms. The third-order valence-electron chi connectivity index (χ3n) is 7.02. The molecule has 3 atom stereocenters. The van der Waals surface area contributed by atoms with Crippen molar-refractivity contribution in [3.05, 3.63) is 32.9 Å². The number of aliphatic hydroxyl groups is 2. The Bertz CT molecular complexity index is 1010. The Hall–Kier alpha value is -2.22. The zero-order chi connectivity index (χ0) is 27.7. The Balaban J connectivity index is 1.98. The van der Waals surface area contributed by atoms with Gasteiger partial charge in [-0.1, -0.05) is 19.3 Å². The van der Waals surface area contributed by atoms with E-state index in [1.165, 1.54) is 26.7 Å². The number of aliphatic hydroxyl groups excluding tert-OH is 2. The molecule has 0 heterocycles. The lowest BCUT2D eigenvalue weighted by Crippen LogP contribution is -2.56. The van der Waals surface area contributed by atoms with E-state index in [1.54, 1.807) is 17.0 Å². The lowest BCUT2D eigenvalue weighted by molar-refractivity contribution is -0.143. The first-order chi connectivity index (χ1) is 18.3. The second-order valence-electron chi connectivity index (χ2n) is 9.65. The van der Waals surface area contributed by atoms with Crippen LogP contribution in [0.1, 0.15) is 48.9 Å². The standard InChI is InChI=1S/C27H37IN2O8/c1-36-16-24(33)30(14-17-6-4-3-5-7-17)21-12-19(27(35)29-8-9-31)13-22(25(21)34)38-26-20(28)10-18(15-32)11-23(26)37-2/h10-11,13,15,17,21-22,25,31,34H,3-9,12,14,16H2,1-2H3,(H,29,35). The van der Waals surface area contributed by atoms with Crippen molar-refractivity contribution in [2.45, 2.75) is 56.8 Å². The highest BCUT2D eigenvalue weighted by Crippen LogP contribution is 2.37. The van der Waals surface area contributed by atoms with E-state index in [-0.39, 0.29) is 32.1 Å². The van der Waals surface area contributed by atoms with Crippen LogP contribution in [0.3, 0.4) is 0 Å². The van der Waals surface area contributed by atoms with Crippen LogP contribution < -0.4 is 14.8 Å². The van der Waals surface area contributed by atoms with E-state index in [4.69, 9.17) is 14.2 Å². The van der Waals surface area contributed by atoms with Gasteiger partial charge in [0.1, 0.15) is 25.1 Å². The molecule has 2 aliphatic carbocycles. The summed E-state index contributed by atoms with van der Waals surface area (Å²) in [5.74, 6) is 0.254. The fraction of sp³-hybridized carbons (Fsp3) is 0.593. The van der Waals surface area contributed by atoms with Crippen LogP contribution in [-0.2, 0) is 14.3 Å². The normalized spacial score (nSPS) is 21.8. The molecule has 0 aliphatic heterocycles. The van der Waals surface area contributed by atoms with E-state index < -0.39 is 24.2 Å². The molecule has 1 fully saturated rings. The fourth-order valence-corrected chi connectivity index (χ4v) is 5.87. The minimum atomic E-state index is -1.15. The van der Waals surface area contributed by atoms with Crippen LogP contribution in [0.2, 0.25) is 0 Å². The Morgan fingerprint density at radius 3 is 2.58 bits per heavy atom. The van der Waals surface area contributed by atoms with Gasteiger partial charge in [0.2, 0.25) is 11.8 Å². The van der Waals surface area contributed by atoms with Crippen LogP contribution >= 0.6 is 22.6 Å². The second-order valence-corrected chi connectivity index (χ2v) is 10.8. The summed E-state index contributed by atoms with van der Waals surface area (Å²) in [4.78, 5) is 39.2. The third kappa shape index (κ3) is 7.67. The van der Waals surface area contributed by atoms with E-state index in [1.807, 2.05) is 22.6 Å². The van der Waals surface area contributed by atoms with Crippen molar-refractivity contribution >= 4 is 40.7 Å². The molecule has 0 spiro atoms. The molecule has 1 saturated carbocycles. The molecule has 11 heteroatoms. The zero-order valence-electron chi connectivity index (χ0n) is 21.9. The summed E-state index contributed by atoms with van der Waals surface area (Å²) in [6, 6.07) is 2.43. The van der Waals surface area contributed by atoms with Crippen LogP contribution in [0, 0.1) is 9.49 Å². The number of methoxy groups -OCH3 is 2. The SMILES string of the molecule is COCC(=O)N(CC1CCCCC1)C1CC(C(=O)NCCO)=CC(Oc2c(I)cc(C=O)cc2OC)C1O. The van der Waals surface area contributed by atoms with E-state index in [0.29, 0.717) is 45.0 Å². The number of rotatable bonds is 12. The first-order valence-corrected chi connectivity index (χ1v) is 14.0. The monoisotopic (exact) mass is 644 g/mol. The number of nitrogens with one attached hydrogen (secondary N) is 1. The fourth-order valence-electron chi connectivity index (χ4n) is 5.11. The minimum Gasteiger partial charge on any atom is -0.493 e. The zero-order valence-corrected chi connectivity index (χ0v) is 24.0. The highest BCUT2D eigenvalue weighted by molar-refractivity contribution is 14.1. The molecular formula is C27H37IN2O8. The van der Waals surface area contributed by atoms with Gasteiger partial charge < -0.3 is 34.6 Å². The van der Waals surface area contributed by atoms with E-state index >= 15 is 0 Å². The number of halogens is 1. The number of aldehydes is 1. The third-order valence-corrected chi connectivity index (χ3v) is 7.83. The van der Waals surface area contributed by atoms with Crippen molar-refractivity contribution in [1.82, 2.24) is 10.2 Å². The van der Waals surface area contributed by atoms with Gasteiger partial charge in [-0.05, 0) is 59.6 Å². The van der Waals surface area contributed by atoms with Crippen molar-refractivity contribution in [2.75, 3.05) is 40.5 Å². The smallest absolute Gasteiger partial charge is 0.248 e. The topological polar surface area (TPSA) is 135 Å². The highest BCUT2D eigenvalue weighted by atomic mass is 127. The Kier molecular flexibility index (Phi) is 11.8. The van der Waals surface area contributed by atoms with Crippen molar-refractivity contribution in [3.63, 3.8) is 0 Å². The molecule has 3 N–H and O–H groups in total. The number of nitrogens with zero attached hydrogens (tertiary/aromatic N) is 1. The van der Waals surface area contributed by atoms with Gasteiger partial charge in [-0.15, -0.1) is 0 Å². The molecule has 0 aromatic heterocycles. The van der Waals surface area contributed by atoms with Gasteiger partial charge in [-0.3, -0.25) is 14.4 Å². The van der Waals surface area contributed by atoms with Crippen LogP contribution in [-0.4, -0.2) is 92.0 Å². The molecule has 3 rings (SSSR count). The lowest BCUT2D eigenvalue weighted by Gasteiger charge is -2.42. The van der Waals surface area contributed by atoms with E-state index in [9.17, 15) is 24.6 Å². The number of hydrogen-bond acceptors (Lipinski definition) is 8. The number of hydrogen-bond donors (Lipinski definition) is 3. The van der Waals surface area contributed by atoms with E-state index in [0.717, 1.165) is 25.7 Å². The van der Waals surface area contributed by atoms with E-state index in [2.05, 4.69) is 5.32 Å². The van der Waals surface area contributed by atoms with Crippen molar-refractivity contribution < 1.29 is 38.8 Å². The van der Waals surface area contributed by atoms with Gasteiger partial charge in [-0.2, -0.15) is 0 Å². The van der Waals surface area contributed by atoms with Crippen molar-refractivity contribution in [2.24, 2.45) is 5.92 Å². The number of amides is 2. The summed E-state index contributed by atoms with van der Waals surface area (Å²) in [7, 11) is 2.90. The van der Waals surface area contributed by atoms with Crippen LogP contribution in [0.4, 0.5) is 0 Å². The Labute approximate surface area is 236 Å². The molecular weight excluding hydrogens is 607 g/mol. The summed E-state index contributed by atoms with van der Waals surface area (Å²) in [5, 5.41) is 23.4. The van der Waals surface area contributed by atoms with Gasteiger partial charge in [0.15, 0.2) is 11.5 Å². The average Bonchev–Trinajstić information content (AvgIpc) is 2.93. The summed E-state index contributed by atoms with van der Waals surface area (Å²) in [6.07, 6.45) is 5.60. The quantitative estimate of drug-likeness (QED) is 0.233. The predicted molar refractivity (Wildman–Crippen MR) is 148 cm³/mol. The van der Waals surface area contributed by atoms with Crippen molar-refractivity contribution in [3.8, 4) is 11.5 Å². The molecule has 38 heavy (non-hydrogen) atoms. The molecule has 210 valence electrons. The predicted octanol–water partition coefficient (Wildman–Crippen LogP) is 2.08. The van der Waals surface area contributed by atoms with Crippen LogP contribution in [0.15, 0.2) is 23.8 Å². The van der Waals surface area contributed by atoms with Gasteiger partial charge in [0.05, 0.1) is 23.3 Å². The number of carbonyl (C=O) groups excluding carboxylic acids is 3. The molecule has 3 unspecified atom stereocenters. The maximum atomic E-state index is 13.2. The summed E-state index contributed by atoms with van der Waals surface area (Å²) in [5.41, 5.74) is 0.750. The first-order valence-electron chi connectivity index (χ1n) is 12.9. The van der Waals surface area contributed by atoms with Crippen molar-refractivity contribution in [1.29, 1.82) is 0 Å². The number of ether oxygens (including phenoxy) is 3. The van der Waals surface area contributed by atoms with Gasteiger partial charge >= 0.3 is 0 Å². The van der Waals surface area contributed by atoms with Crippen LogP contribution in [0.5, 0.6) is 11.5 Å². The largest absolute Gasteiger partial charge is 0.493 e. The molecule has 2 aliphatic rings.